The molecular formula is C7H7Cl3N2O2. The first-order valence-electron chi connectivity index (χ1n) is 3.75. The van der Waals surface area contributed by atoms with Gasteiger partial charge in [0, 0.05) is 0 Å². The van der Waals surface area contributed by atoms with Crippen molar-refractivity contribution in [2.24, 2.45) is 0 Å². The number of aromatic amines is 1. The fourth-order valence-electron chi connectivity index (χ4n) is 0.939. The summed E-state index contributed by atoms with van der Waals surface area (Å²) < 4.78 is -1.84. The van der Waals surface area contributed by atoms with Crippen molar-refractivity contribution in [3.63, 3.8) is 0 Å². The van der Waals surface area contributed by atoms with Gasteiger partial charge in [-0.3, -0.25) is 4.79 Å². The fraction of sp³-hybridized carbons (Fsp3) is 0.429. The zero-order valence-corrected chi connectivity index (χ0v) is 9.41. The largest absolute Gasteiger partial charge is 0.493 e. The third-order valence-corrected chi connectivity index (χ3v) is 2.15. The van der Waals surface area contributed by atoms with Gasteiger partial charge in [-0.1, -0.05) is 41.7 Å². The van der Waals surface area contributed by atoms with Gasteiger partial charge in [-0.05, 0) is 6.42 Å². The van der Waals surface area contributed by atoms with Crippen LogP contribution < -0.4 is 5.56 Å². The van der Waals surface area contributed by atoms with Gasteiger partial charge in [0.15, 0.2) is 5.82 Å². The molecule has 1 heterocycles. The molecule has 1 rings (SSSR count). The van der Waals surface area contributed by atoms with Crippen molar-refractivity contribution < 1.29 is 5.11 Å². The molecule has 1 aromatic rings. The second-order valence-corrected chi connectivity index (χ2v) is 4.85. The summed E-state index contributed by atoms with van der Waals surface area (Å²) in [5, 5.41) is 9.33. The van der Waals surface area contributed by atoms with Crippen LogP contribution in [-0.4, -0.2) is 15.1 Å². The van der Waals surface area contributed by atoms with Gasteiger partial charge in [0.05, 0.1) is 5.56 Å². The van der Waals surface area contributed by atoms with Crippen LogP contribution >= 0.6 is 34.8 Å². The minimum atomic E-state index is -1.84. The molecule has 0 amide bonds. The van der Waals surface area contributed by atoms with E-state index in [1.165, 1.54) is 0 Å². The Labute approximate surface area is 94.8 Å². The van der Waals surface area contributed by atoms with E-state index in [0.717, 1.165) is 0 Å². The Morgan fingerprint density at radius 1 is 1.50 bits per heavy atom. The number of aromatic nitrogens is 2. The molecule has 2 N–H and O–H groups in total. The van der Waals surface area contributed by atoms with E-state index in [-0.39, 0.29) is 11.4 Å². The maximum Gasteiger partial charge on any atom is 0.258 e. The van der Waals surface area contributed by atoms with Gasteiger partial charge >= 0.3 is 0 Å². The molecule has 0 saturated carbocycles. The van der Waals surface area contributed by atoms with Gasteiger partial charge in [0.2, 0.25) is 9.67 Å². The lowest BCUT2D eigenvalue weighted by atomic mass is 10.2. The number of alkyl halides is 3. The van der Waals surface area contributed by atoms with E-state index in [1.54, 1.807) is 6.92 Å². The second-order valence-electron chi connectivity index (χ2n) is 2.57. The van der Waals surface area contributed by atoms with Gasteiger partial charge < -0.3 is 10.1 Å². The van der Waals surface area contributed by atoms with Gasteiger partial charge in [-0.25, -0.2) is 0 Å². The number of nitrogens with zero attached hydrogens (tertiary/aromatic N) is 1. The van der Waals surface area contributed by atoms with E-state index in [2.05, 4.69) is 9.97 Å². The molecule has 0 aliphatic heterocycles. The van der Waals surface area contributed by atoms with Crippen LogP contribution in [0.5, 0.6) is 5.88 Å². The highest BCUT2D eigenvalue weighted by Crippen LogP contribution is 2.35. The average molecular weight is 258 g/mol. The predicted octanol–water partition coefficient (Wildman–Crippen LogP) is 1.86. The summed E-state index contributed by atoms with van der Waals surface area (Å²) in [5.74, 6) is -0.597. The lowest BCUT2D eigenvalue weighted by Gasteiger charge is -2.10. The summed E-state index contributed by atoms with van der Waals surface area (Å²) in [6.07, 6.45) is 0.355. The molecule has 0 unspecified atom stereocenters. The first kappa shape index (κ1) is 11.6. The van der Waals surface area contributed by atoms with Crippen molar-refractivity contribution in [2.45, 2.75) is 17.1 Å². The summed E-state index contributed by atoms with van der Waals surface area (Å²) >= 11 is 16.5. The molecule has 0 fully saturated rings. The van der Waals surface area contributed by atoms with Crippen LogP contribution in [0.1, 0.15) is 18.3 Å². The van der Waals surface area contributed by atoms with Crippen LogP contribution in [0.4, 0.5) is 0 Å². The van der Waals surface area contributed by atoms with E-state index in [1.807, 2.05) is 0 Å². The highest BCUT2D eigenvalue weighted by molar-refractivity contribution is 6.66. The summed E-state index contributed by atoms with van der Waals surface area (Å²) in [4.78, 5) is 17.2. The number of aromatic hydroxyl groups is 1. The Morgan fingerprint density at radius 2 is 2.07 bits per heavy atom. The number of rotatable bonds is 1. The lowest BCUT2D eigenvalue weighted by Crippen LogP contribution is -2.20. The van der Waals surface area contributed by atoms with E-state index < -0.39 is 15.2 Å². The Bertz CT molecular complexity index is 397. The van der Waals surface area contributed by atoms with Crippen LogP contribution in [0.15, 0.2) is 4.79 Å². The van der Waals surface area contributed by atoms with Crippen molar-refractivity contribution in [1.29, 1.82) is 0 Å². The van der Waals surface area contributed by atoms with Gasteiger partial charge in [-0.15, -0.1) is 0 Å². The number of hydrogen-bond acceptors (Lipinski definition) is 3. The lowest BCUT2D eigenvalue weighted by molar-refractivity contribution is 0.440. The Hall–Kier alpha value is -0.450. The molecule has 7 heteroatoms. The first-order valence-corrected chi connectivity index (χ1v) is 4.89. The third-order valence-electron chi connectivity index (χ3n) is 1.62. The van der Waals surface area contributed by atoms with Crippen molar-refractivity contribution in [3.8, 4) is 5.88 Å². The molecule has 4 nitrogen and oxygen atoms in total. The fourth-order valence-corrected chi connectivity index (χ4v) is 1.21. The quantitative estimate of drug-likeness (QED) is 0.755. The van der Waals surface area contributed by atoms with Gasteiger partial charge in [0.1, 0.15) is 0 Å². The van der Waals surface area contributed by atoms with Crippen molar-refractivity contribution in [2.75, 3.05) is 0 Å². The highest BCUT2D eigenvalue weighted by atomic mass is 35.6. The van der Waals surface area contributed by atoms with Crippen molar-refractivity contribution in [3.05, 3.63) is 21.7 Å². The van der Waals surface area contributed by atoms with Crippen LogP contribution in [0, 0.1) is 0 Å². The molecule has 1 aromatic heterocycles. The monoisotopic (exact) mass is 256 g/mol. The summed E-state index contributed by atoms with van der Waals surface area (Å²) in [6.45, 7) is 1.71. The number of nitrogens with one attached hydrogen (secondary N) is 1. The first-order chi connectivity index (χ1) is 6.36. The molecule has 0 bridgehead atoms. The standard InChI is InChI=1S/C7H7Cl3N2O2/c1-2-3-4(13)11-6(7(8,9)10)12-5(3)14/h2H2,1H3,(H2,11,12,13,14). The molecular weight excluding hydrogens is 250 g/mol. The van der Waals surface area contributed by atoms with Crippen LogP contribution in [-0.2, 0) is 10.2 Å². The minimum absolute atomic E-state index is 0.169. The predicted molar refractivity (Wildman–Crippen MR) is 55.1 cm³/mol. The molecule has 0 aliphatic rings. The van der Waals surface area contributed by atoms with E-state index in [9.17, 15) is 9.90 Å². The van der Waals surface area contributed by atoms with Crippen molar-refractivity contribution in [1.82, 2.24) is 9.97 Å². The maximum atomic E-state index is 11.3. The van der Waals surface area contributed by atoms with Crippen LogP contribution in [0.25, 0.3) is 0 Å². The third kappa shape index (κ3) is 2.32. The SMILES string of the molecule is CCc1c(O)nc(C(Cl)(Cl)Cl)[nH]c1=O. The molecule has 78 valence electrons. The normalized spacial score (nSPS) is 11.7. The topological polar surface area (TPSA) is 66.0 Å². The molecule has 0 aliphatic carbocycles. The summed E-state index contributed by atoms with van der Waals surface area (Å²) in [6, 6.07) is 0. The van der Waals surface area contributed by atoms with Gasteiger partial charge in [0.25, 0.3) is 5.56 Å². The maximum absolute atomic E-state index is 11.3. The zero-order chi connectivity index (χ0) is 10.9. The average Bonchev–Trinajstić information content (AvgIpc) is 2.01. The Morgan fingerprint density at radius 3 is 2.43 bits per heavy atom. The number of hydrogen-bond donors (Lipinski definition) is 2. The number of H-pyrrole nitrogens is 1. The molecule has 0 spiro atoms. The molecule has 0 aromatic carbocycles. The molecule has 14 heavy (non-hydrogen) atoms. The van der Waals surface area contributed by atoms with Gasteiger partial charge in [-0.2, -0.15) is 4.98 Å². The zero-order valence-electron chi connectivity index (χ0n) is 7.14. The second kappa shape index (κ2) is 3.96. The number of halogens is 3. The molecule has 0 radical (unpaired) electrons. The molecule has 0 saturated heterocycles. The smallest absolute Gasteiger partial charge is 0.258 e. The Kier molecular flexibility index (Phi) is 3.29. The summed E-state index contributed by atoms with van der Waals surface area (Å²) in [7, 11) is 0. The van der Waals surface area contributed by atoms with Crippen molar-refractivity contribution >= 4 is 34.8 Å². The van der Waals surface area contributed by atoms with Crippen LogP contribution in [0.2, 0.25) is 0 Å². The van der Waals surface area contributed by atoms with E-state index >= 15 is 0 Å². The molecule has 0 atom stereocenters. The van der Waals surface area contributed by atoms with E-state index in [0.29, 0.717) is 6.42 Å². The van der Waals surface area contributed by atoms with E-state index in [4.69, 9.17) is 34.8 Å². The van der Waals surface area contributed by atoms with Crippen LogP contribution in [0.3, 0.4) is 0 Å². The summed E-state index contributed by atoms with van der Waals surface area (Å²) in [5.41, 5.74) is -0.329. The minimum Gasteiger partial charge on any atom is -0.493 e. The highest BCUT2D eigenvalue weighted by Gasteiger charge is 2.27. The Balaban J connectivity index is 3.36.